The fourth-order valence-corrected chi connectivity index (χ4v) is 3.76. The third-order valence-corrected chi connectivity index (χ3v) is 5.20. The van der Waals surface area contributed by atoms with Gasteiger partial charge < -0.3 is 11.1 Å². The van der Waals surface area contributed by atoms with Crippen molar-refractivity contribution < 1.29 is 8.42 Å². The summed E-state index contributed by atoms with van der Waals surface area (Å²) in [4.78, 5) is 0.183. The molecule has 0 aromatic heterocycles. The van der Waals surface area contributed by atoms with Crippen molar-refractivity contribution in [1.29, 1.82) is 0 Å². The van der Waals surface area contributed by atoms with E-state index in [1.807, 2.05) is 6.07 Å². The first kappa shape index (κ1) is 15.3. The molecule has 20 heavy (non-hydrogen) atoms. The zero-order valence-corrected chi connectivity index (χ0v) is 12.6. The summed E-state index contributed by atoms with van der Waals surface area (Å²) in [5, 5.41) is 8.70. The summed E-state index contributed by atoms with van der Waals surface area (Å²) in [6.45, 7) is 2.44. The van der Waals surface area contributed by atoms with Crippen molar-refractivity contribution in [2.75, 3.05) is 11.9 Å². The van der Waals surface area contributed by atoms with Crippen LogP contribution in [0.2, 0.25) is 0 Å². The topological polar surface area (TPSA) is 98.2 Å². The molecule has 2 atom stereocenters. The Kier molecular flexibility index (Phi) is 4.67. The van der Waals surface area contributed by atoms with Gasteiger partial charge in [-0.15, -0.1) is 0 Å². The number of benzene rings is 1. The minimum Gasteiger partial charge on any atom is -0.382 e. The van der Waals surface area contributed by atoms with Gasteiger partial charge in [-0.3, -0.25) is 0 Å². The first-order valence-corrected chi connectivity index (χ1v) is 8.57. The number of anilines is 1. The maximum Gasteiger partial charge on any atom is 0.238 e. The van der Waals surface area contributed by atoms with Gasteiger partial charge in [-0.25, -0.2) is 13.6 Å². The number of sulfonamides is 1. The molecule has 0 aliphatic heterocycles. The van der Waals surface area contributed by atoms with Crippen molar-refractivity contribution in [3.63, 3.8) is 0 Å². The maximum absolute atomic E-state index is 11.5. The molecule has 1 aromatic rings. The summed E-state index contributed by atoms with van der Waals surface area (Å²) >= 11 is 0. The van der Waals surface area contributed by atoms with Crippen molar-refractivity contribution in [3.8, 4) is 0 Å². The summed E-state index contributed by atoms with van der Waals surface area (Å²) in [5.74, 6) is 0.446. The molecule has 2 rings (SSSR count). The molecule has 0 saturated heterocycles. The molecule has 1 saturated carbocycles. The SMILES string of the molecule is Cc1c(NC2CCCCC2CN)cccc1S(N)(=O)=O. The highest BCUT2D eigenvalue weighted by Crippen LogP contribution is 2.29. The van der Waals surface area contributed by atoms with E-state index in [2.05, 4.69) is 5.32 Å². The van der Waals surface area contributed by atoms with Gasteiger partial charge in [-0.2, -0.15) is 0 Å². The Morgan fingerprint density at radius 3 is 2.65 bits per heavy atom. The van der Waals surface area contributed by atoms with E-state index in [1.165, 1.54) is 18.9 Å². The quantitative estimate of drug-likeness (QED) is 0.785. The third-order valence-electron chi connectivity index (χ3n) is 4.14. The minimum atomic E-state index is -3.68. The number of primary sulfonamides is 1. The second-order valence-corrected chi connectivity index (χ2v) is 7.03. The Bertz CT molecular complexity index is 572. The summed E-state index contributed by atoms with van der Waals surface area (Å²) < 4.78 is 23.1. The average molecular weight is 297 g/mol. The van der Waals surface area contributed by atoms with Crippen LogP contribution in [0.5, 0.6) is 0 Å². The number of nitrogens with one attached hydrogen (secondary N) is 1. The predicted molar refractivity (Wildman–Crippen MR) is 81.0 cm³/mol. The largest absolute Gasteiger partial charge is 0.382 e. The number of hydrogen-bond donors (Lipinski definition) is 3. The highest BCUT2D eigenvalue weighted by molar-refractivity contribution is 7.89. The zero-order chi connectivity index (χ0) is 14.8. The van der Waals surface area contributed by atoms with Crippen LogP contribution in [0.1, 0.15) is 31.2 Å². The van der Waals surface area contributed by atoms with Crippen LogP contribution in [0.25, 0.3) is 0 Å². The minimum absolute atomic E-state index is 0.183. The predicted octanol–water partition coefficient (Wildman–Crippen LogP) is 1.57. The zero-order valence-electron chi connectivity index (χ0n) is 11.8. The smallest absolute Gasteiger partial charge is 0.238 e. The second-order valence-electron chi connectivity index (χ2n) is 5.50. The first-order valence-electron chi connectivity index (χ1n) is 7.02. The average Bonchev–Trinajstić information content (AvgIpc) is 2.40. The van der Waals surface area contributed by atoms with Crippen molar-refractivity contribution in [2.45, 2.75) is 43.5 Å². The Balaban J connectivity index is 2.25. The summed E-state index contributed by atoms with van der Waals surface area (Å²) in [6.07, 6.45) is 4.60. The van der Waals surface area contributed by atoms with Gasteiger partial charge in [-0.1, -0.05) is 18.9 Å². The molecule has 0 amide bonds. The van der Waals surface area contributed by atoms with Crippen LogP contribution >= 0.6 is 0 Å². The Labute approximate surface area is 120 Å². The highest BCUT2D eigenvalue weighted by atomic mass is 32.2. The number of hydrogen-bond acceptors (Lipinski definition) is 4. The van der Waals surface area contributed by atoms with Crippen LogP contribution in [-0.2, 0) is 10.0 Å². The standard InChI is InChI=1S/C14H23N3O2S/c1-10-12(7-4-8-14(10)20(16,18)19)17-13-6-3-2-5-11(13)9-15/h4,7-8,11,13,17H,2-3,5-6,9,15H2,1H3,(H2,16,18,19). The van der Waals surface area contributed by atoms with Gasteiger partial charge >= 0.3 is 0 Å². The van der Waals surface area contributed by atoms with E-state index < -0.39 is 10.0 Å². The molecular formula is C14H23N3O2S. The fraction of sp³-hybridized carbons (Fsp3) is 0.571. The maximum atomic E-state index is 11.5. The van der Waals surface area contributed by atoms with Gasteiger partial charge in [0.25, 0.3) is 0 Å². The lowest BCUT2D eigenvalue weighted by Crippen LogP contribution is -2.37. The van der Waals surface area contributed by atoms with E-state index in [0.717, 1.165) is 18.5 Å². The van der Waals surface area contributed by atoms with Gasteiger partial charge in [0, 0.05) is 11.7 Å². The Morgan fingerprint density at radius 2 is 2.00 bits per heavy atom. The molecule has 0 spiro atoms. The molecule has 1 aromatic carbocycles. The molecule has 0 heterocycles. The van der Waals surface area contributed by atoms with E-state index in [-0.39, 0.29) is 4.90 Å². The fourth-order valence-electron chi connectivity index (χ4n) is 2.96. The van der Waals surface area contributed by atoms with E-state index in [4.69, 9.17) is 10.9 Å². The van der Waals surface area contributed by atoms with E-state index in [1.54, 1.807) is 13.0 Å². The van der Waals surface area contributed by atoms with Gasteiger partial charge in [0.2, 0.25) is 10.0 Å². The highest BCUT2D eigenvalue weighted by Gasteiger charge is 2.24. The van der Waals surface area contributed by atoms with Gasteiger partial charge in [0.05, 0.1) is 4.90 Å². The molecule has 1 aliphatic carbocycles. The van der Waals surface area contributed by atoms with Crippen LogP contribution in [0, 0.1) is 12.8 Å². The first-order chi connectivity index (χ1) is 9.43. The van der Waals surface area contributed by atoms with E-state index in [0.29, 0.717) is 24.1 Å². The Hall–Kier alpha value is -1.11. The molecule has 1 fully saturated rings. The van der Waals surface area contributed by atoms with Crippen LogP contribution in [-0.4, -0.2) is 21.0 Å². The van der Waals surface area contributed by atoms with Crippen molar-refractivity contribution in [3.05, 3.63) is 23.8 Å². The van der Waals surface area contributed by atoms with Gasteiger partial charge in [-0.05, 0) is 49.9 Å². The van der Waals surface area contributed by atoms with Crippen molar-refractivity contribution >= 4 is 15.7 Å². The molecule has 1 aliphatic rings. The lowest BCUT2D eigenvalue weighted by Gasteiger charge is -2.32. The molecular weight excluding hydrogens is 274 g/mol. The van der Waals surface area contributed by atoms with Crippen LogP contribution in [0.15, 0.2) is 23.1 Å². The van der Waals surface area contributed by atoms with Crippen LogP contribution in [0.4, 0.5) is 5.69 Å². The van der Waals surface area contributed by atoms with Crippen LogP contribution in [0.3, 0.4) is 0 Å². The molecule has 112 valence electrons. The number of nitrogens with two attached hydrogens (primary N) is 2. The number of rotatable bonds is 4. The van der Waals surface area contributed by atoms with Gasteiger partial charge in [0.15, 0.2) is 0 Å². The lowest BCUT2D eigenvalue weighted by molar-refractivity contribution is 0.332. The van der Waals surface area contributed by atoms with Gasteiger partial charge in [0.1, 0.15) is 0 Å². The third kappa shape index (κ3) is 3.31. The molecule has 0 radical (unpaired) electrons. The summed E-state index contributed by atoms with van der Waals surface area (Å²) in [6, 6.07) is 5.46. The van der Waals surface area contributed by atoms with Crippen LogP contribution < -0.4 is 16.2 Å². The van der Waals surface area contributed by atoms with E-state index in [9.17, 15) is 8.42 Å². The summed E-state index contributed by atoms with van der Waals surface area (Å²) in [5.41, 5.74) is 7.34. The normalized spacial score (nSPS) is 23.6. The lowest BCUT2D eigenvalue weighted by atomic mass is 9.84. The van der Waals surface area contributed by atoms with Crippen molar-refractivity contribution in [1.82, 2.24) is 0 Å². The van der Waals surface area contributed by atoms with E-state index >= 15 is 0 Å². The molecule has 5 nitrogen and oxygen atoms in total. The monoisotopic (exact) mass is 297 g/mol. The second kappa shape index (κ2) is 6.11. The Morgan fingerprint density at radius 1 is 1.30 bits per heavy atom. The molecule has 2 unspecified atom stereocenters. The van der Waals surface area contributed by atoms with Crippen molar-refractivity contribution in [2.24, 2.45) is 16.8 Å². The molecule has 6 heteroatoms. The summed E-state index contributed by atoms with van der Waals surface area (Å²) in [7, 11) is -3.68. The molecule has 5 N–H and O–H groups in total. The molecule has 0 bridgehead atoms.